The summed E-state index contributed by atoms with van der Waals surface area (Å²) >= 11 is 0. The van der Waals surface area contributed by atoms with E-state index in [9.17, 15) is 0 Å². The van der Waals surface area contributed by atoms with Gasteiger partial charge in [0.1, 0.15) is 0 Å². The third-order valence-corrected chi connectivity index (χ3v) is 5.89. The minimum atomic E-state index is -1.01. The zero-order chi connectivity index (χ0) is 10.4. The third-order valence-electron chi connectivity index (χ3n) is 3.14. The van der Waals surface area contributed by atoms with Crippen molar-refractivity contribution in [1.29, 1.82) is 0 Å². The van der Waals surface area contributed by atoms with E-state index in [0.717, 1.165) is 0 Å². The highest BCUT2D eigenvalue weighted by Crippen LogP contribution is 2.15. The normalized spacial score (nSPS) is 20.5. The fourth-order valence-electron chi connectivity index (χ4n) is 2.16. The van der Waals surface area contributed by atoms with E-state index in [1.807, 2.05) is 0 Å². The maximum Gasteiger partial charge on any atom is 0.0725 e. The lowest BCUT2D eigenvalue weighted by molar-refractivity contribution is 0.239. The molecule has 0 spiro atoms. The molecule has 0 aromatic carbocycles. The molecule has 0 N–H and O–H groups in total. The van der Waals surface area contributed by atoms with Crippen molar-refractivity contribution in [3.63, 3.8) is 0 Å². The number of allylic oxidation sites excluding steroid dienone is 1. The SMILES string of the molecule is CC=C[Si](C)(C)CCN1CCCCC1. The van der Waals surface area contributed by atoms with Gasteiger partial charge >= 0.3 is 0 Å². The minimum absolute atomic E-state index is 1.01. The number of likely N-dealkylation sites (tertiary alicyclic amines) is 1. The molecule has 0 bridgehead atoms. The summed E-state index contributed by atoms with van der Waals surface area (Å²) in [6, 6.07) is 1.43. The van der Waals surface area contributed by atoms with Gasteiger partial charge in [-0.05, 0) is 45.4 Å². The number of hydrogen-bond donors (Lipinski definition) is 0. The van der Waals surface area contributed by atoms with E-state index in [2.05, 4.69) is 36.7 Å². The Labute approximate surface area is 90.2 Å². The molecule has 1 aliphatic rings. The molecular weight excluding hydrogens is 186 g/mol. The van der Waals surface area contributed by atoms with Crippen molar-refractivity contribution in [2.75, 3.05) is 19.6 Å². The molecule has 0 aliphatic carbocycles. The highest BCUT2D eigenvalue weighted by molar-refractivity contribution is 6.82. The van der Waals surface area contributed by atoms with Crippen molar-refractivity contribution >= 4 is 8.07 Å². The Bertz CT molecular complexity index is 181. The Balaban J connectivity index is 2.24. The summed E-state index contributed by atoms with van der Waals surface area (Å²) in [7, 11) is -1.01. The highest BCUT2D eigenvalue weighted by Gasteiger charge is 2.18. The van der Waals surface area contributed by atoms with Gasteiger partial charge in [0.05, 0.1) is 8.07 Å². The summed E-state index contributed by atoms with van der Waals surface area (Å²) in [5, 5.41) is 0. The molecule has 0 amide bonds. The van der Waals surface area contributed by atoms with Gasteiger partial charge in [0.25, 0.3) is 0 Å². The van der Waals surface area contributed by atoms with E-state index in [1.165, 1.54) is 44.9 Å². The van der Waals surface area contributed by atoms with Gasteiger partial charge in [-0.1, -0.05) is 31.3 Å². The van der Waals surface area contributed by atoms with Crippen LogP contribution in [0.15, 0.2) is 11.8 Å². The molecule has 2 heteroatoms. The molecule has 1 saturated heterocycles. The minimum Gasteiger partial charge on any atom is -0.304 e. The van der Waals surface area contributed by atoms with Crippen molar-refractivity contribution in [3.05, 3.63) is 11.8 Å². The van der Waals surface area contributed by atoms with Crippen molar-refractivity contribution in [2.45, 2.75) is 45.3 Å². The highest BCUT2D eigenvalue weighted by atomic mass is 28.3. The Morgan fingerprint density at radius 1 is 1.14 bits per heavy atom. The second kappa shape index (κ2) is 5.71. The lowest BCUT2D eigenvalue weighted by Crippen LogP contribution is -2.35. The molecule has 0 atom stereocenters. The molecule has 1 heterocycles. The second-order valence-electron chi connectivity index (χ2n) is 5.14. The first-order valence-electron chi connectivity index (χ1n) is 6.00. The smallest absolute Gasteiger partial charge is 0.0725 e. The van der Waals surface area contributed by atoms with Crippen LogP contribution in [0.1, 0.15) is 26.2 Å². The predicted octanol–water partition coefficient (Wildman–Crippen LogP) is 3.30. The Morgan fingerprint density at radius 3 is 2.36 bits per heavy atom. The summed E-state index contributed by atoms with van der Waals surface area (Å²) < 4.78 is 0. The molecule has 1 rings (SSSR count). The molecule has 82 valence electrons. The molecule has 0 aromatic heterocycles. The van der Waals surface area contributed by atoms with Gasteiger partial charge in [0, 0.05) is 0 Å². The van der Waals surface area contributed by atoms with E-state index in [1.54, 1.807) is 0 Å². The second-order valence-corrected chi connectivity index (χ2v) is 9.95. The molecule has 1 nitrogen and oxygen atoms in total. The van der Waals surface area contributed by atoms with Gasteiger partial charge in [-0.15, -0.1) is 0 Å². The molecule has 0 radical (unpaired) electrons. The molecule has 0 aromatic rings. The fourth-order valence-corrected chi connectivity index (χ4v) is 4.13. The van der Waals surface area contributed by atoms with Crippen LogP contribution in [0.4, 0.5) is 0 Å². The molecule has 0 unspecified atom stereocenters. The van der Waals surface area contributed by atoms with Crippen LogP contribution in [0.3, 0.4) is 0 Å². The topological polar surface area (TPSA) is 3.24 Å². The van der Waals surface area contributed by atoms with E-state index in [-0.39, 0.29) is 0 Å². The zero-order valence-corrected chi connectivity index (χ0v) is 11.1. The largest absolute Gasteiger partial charge is 0.304 e. The summed E-state index contributed by atoms with van der Waals surface area (Å²) in [5.41, 5.74) is 2.47. The monoisotopic (exact) mass is 211 g/mol. The van der Waals surface area contributed by atoms with Crippen LogP contribution >= 0.6 is 0 Å². The molecule has 1 aliphatic heterocycles. The standard InChI is InChI=1S/C12H25NSi/c1-4-11-14(2,3)12-10-13-8-6-5-7-9-13/h4,11H,5-10,12H2,1-3H3. The number of rotatable bonds is 4. The number of piperidine rings is 1. The van der Waals surface area contributed by atoms with E-state index in [4.69, 9.17) is 0 Å². The molecule has 1 fully saturated rings. The van der Waals surface area contributed by atoms with E-state index < -0.39 is 8.07 Å². The van der Waals surface area contributed by atoms with Gasteiger partial charge in [-0.3, -0.25) is 0 Å². The van der Waals surface area contributed by atoms with Gasteiger partial charge in [-0.2, -0.15) is 0 Å². The van der Waals surface area contributed by atoms with E-state index in [0.29, 0.717) is 0 Å². The average Bonchev–Trinajstić information content (AvgIpc) is 2.17. The lowest BCUT2D eigenvalue weighted by atomic mass is 10.1. The fraction of sp³-hybridized carbons (Fsp3) is 0.833. The van der Waals surface area contributed by atoms with Gasteiger partial charge in [0.2, 0.25) is 0 Å². The maximum atomic E-state index is 2.65. The molecule has 14 heavy (non-hydrogen) atoms. The van der Waals surface area contributed by atoms with Crippen LogP contribution in [0.25, 0.3) is 0 Å². The molecule has 0 saturated carbocycles. The first-order valence-corrected chi connectivity index (χ1v) is 9.29. The first-order chi connectivity index (χ1) is 6.64. The number of nitrogens with zero attached hydrogens (tertiary/aromatic N) is 1. The van der Waals surface area contributed by atoms with Crippen molar-refractivity contribution in [1.82, 2.24) is 4.90 Å². The van der Waals surface area contributed by atoms with Crippen LogP contribution in [0, 0.1) is 0 Å². The summed E-state index contributed by atoms with van der Waals surface area (Å²) in [6.45, 7) is 11.1. The summed E-state index contributed by atoms with van der Waals surface area (Å²) in [6.07, 6.45) is 6.53. The Morgan fingerprint density at radius 2 is 1.79 bits per heavy atom. The van der Waals surface area contributed by atoms with Crippen molar-refractivity contribution < 1.29 is 0 Å². The van der Waals surface area contributed by atoms with E-state index >= 15 is 0 Å². The van der Waals surface area contributed by atoms with Crippen LogP contribution < -0.4 is 0 Å². The predicted molar refractivity (Wildman–Crippen MR) is 67.4 cm³/mol. The third kappa shape index (κ3) is 4.42. The summed E-state index contributed by atoms with van der Waals surface area (Å²) in [5.74, 6) is 0. The van der Waals surface area contributed by atoms with Gasteiger partial charge < -0.3 is 4.90 Å². The zero-order valence-electron chi connectivity index (χ0n) is 10.1. The lowest BCUT2D eigenvalue weighted by Gasteiger charge is -2.29. The van der Waals surface area contributed by atoms with Crippen LogP contribution in [0.5, 0.6) is 0 Å². The van der Waals surface area contributed by atoms with Gasteiger partial charge in [-0.25, -0.2) is 0 Å². The van der Waals surface area contributed by atoms with Crippen LogP contribution in [-0.4, -0.2) is 32.6 Å². The molecular formula is C12H25NSi. The quantitative estimate of drug-likeness (QED) is 0.645. The van der Waals surface area contributed by atoms with Crippen LogP contribution in [-0.2, 0) is 0 Å². The maximum absolute atomic E-state index is 2.65. The van der Waals surface area contributed by atoms with Crippen molar-refractivity contribution in [2.24, 2.45) is 0 Å². The average molecular weight is 211 g/mol. The van der Waals surface area contributed by atoms with Crippen LogP contribution in [0.2, 0.25) is 19.1 Å². The van der Waals surface area contributed by atoms with Gasteiger partial charge in [0.15, 0.2) is 0 Å². The number of hydrogen-bond acceptors (Lipinski definition) is 1. The first kappa shape index (κ1) is 12.0. The Kier molecular flexibility index (Phi) is 4.89. The van der Waals surface area contributed by atoms with Crippen molar-refractivity contribution in [3.8, 4) is 0 Å². The Hall–Kier alpha value is -0.0831. The summed E-state index contributed by atoms with van der Waals surface area (Å²) in [4.78, 5) is 2.65.